The molecule has 2 rings (SSSR count). The smallest absolute Gasteiger partial charge is 0.0192 e. The minimum Gasteiger partial charge on any atom is -0.313 e. The molecule has 1 unspecified atom stereocenters. The van der Waals surface area contributed by atoms with Crippen LogP contribution >= 0.6 is 0 Å². The van der Waals surface area contributed by atoms with Crippen molar-refractivity contribution in [2.75, 3.05) is 13.1 Å². The van der Waals surface area contributed by atoms with Gasteiger partial charge in [0.15, 0.2) is 0 Å². The number of nitrogens with one attached hydrogen (secondary N) is 2. The van der Waals surface area contributed by atoms with Crippen LogP contribution in [0.5, 0.6) is 0 Å². The summed E-state index contributed by atoms with van der Waals surface area (Å²) in [6, 6.07) is 1.46. The van der Waals surface area contributed by atoms with Gasteiger partial charge in [-0.15, -0.1) is 0 Å². The van der Waals surface area contributed by atoms with Crippen LogP contribution in [0.1, 0.15) is 58.3 Å². The van der Waals surface area contributed by atoms with E-state index in [1.54, 1.807) is 0 Å². The average molecular weight is 224 g/mol. The summed E-state index contributed by atoms with van der Waals surface area (Å²) in [7, 11) is 0. The van der Waals surface area contributed by atoms with Gasteiger partial charge in [-0.2, -0.15) is 0 Å². The van der Waals surface area contributed by atoms with E-state index in [-0.39, 0.29) is 0 Å². The van der Waals surface area contributed by atoms with E-state index in [1.807, 2.05) is 0 Å². The minimum atomic E-state index is 0.726. The fourth-order valence-corrected chi connectivity index (χ4v) is 3.23. The summed E-state index contributed by atoms with van der Waals surface area (Å²) in [5, 5.41) is 7.37. The average Bonchev–Trinajstić information content (AvgIpc) is 2.38. The topological polar surface area (TPSA) is 24.1 Å². The van der Waals surface area contributed by atoms with Crippen molar-refractivity contribution in [3.63, 3.8) is 0 Å². The molecular weight excluding hydrogens is 196 g/mol. The molecule has 2 heteroatoms. The van der Waals surface area contributed by atoms with Crippen molar-refractivity contribution in [2.45, 2.75) is 70.4 Å². The molecule has 2 aliphatic rings. The van der Waals surface area contributed by atoms with E-state index in [2.05, 4.69) is 17.6 Å². The first-order valence-corrected chi connectivity index (χ1v) is 7.33. The Bertz CT molecular complexity index is 181. The minimum absolute atomic E-state index is 0.726. The lowest BCUT2D eigenvalue weighted by Crippen LogP contribution is -2.46. The molecule has 16 heavy (non-hydrogen) atoms. The molecule has 1 aliphatic heterocycles. The number of rotatable bonds is 4. The molecule has 0 aromatic heterocycles. The maximum atomic E-state index is 3.76. The van der Waals surface area contributed by atoms with Crippen LogP contribution in [-0.2, 0) is 0 Å². The molecule has 2 nitrogen and oxygen atoms in total. The Kier molecular flexibility index (Phi) is 5.11. The van der Waals surface area contributed by atoms with Gasteiger partial charge in [0.25, 0.3) is 0 Å². The Labute approximate surface area is 101 Å². The molecule has 0 aromatic carbocycles. The maximum absolute atomic E-state index is 3.76. The molecule has 0 radical (unpaired) electrons. The van der Waals surface area contributed by atoms with Crippen LogP contribution in [0, 0.1) is 5.92 Å². The highest BCUT2D eigenvalue weighted by Crippen LogP contribution is 2.26. The Morgan fingerprint density at radius 3 is 2.50 bits per heavy atom. The quantitative estimate of drug-likeness (QED) is 0.767. The van der Waals surface area contributed by atoms with Gasteiger partial charge in [0.2, 0.25) is 0 Å². The Balaban J connectivity index is 1.63. The van der Waals surface area contributed by atoms with Gasteiger partial charge in [0.05, 0.1) is 0 Å². The van der Waals surface area contributed by atoms with Gasteiger partial charge in [-0.3, -0.25) is 0 Å². The Morgan fingerprint density at radius 2 is 1.81 bits per heavy atom. The third-order valence-electron chi connectivity index (χ3n) is 4.46. The van der Waals surface area contributed by atoms with Gasteiger partial charge in [-0.25, -0.2) is 0 Å². The second-order valence-corrected chi connectivity index (χ2v) is 5.74. The lowest BCUT2D eigenvalue weighted by molar-refractivity contribution is 0.268. The summed E-state index contributed by atoms with van der Waals surface area (Å²) in [5.74, 6) is 0.942. The molecule has 1 aliphatic carbocycles. The maximum Gasteiger partial charge on any atom is 0.0192 e. The summed E-state index contributed by atoms with van der Waals surface area (Å²) < 4.78 is 0. The van der Waals surface area contributed by atoms with E-state index >= 15 is 0 Å². The van der Waals surface area contributed by atoms with Crippen LogP contribution in [0.2, 0.25) is 0 Å². The first kappa shape index (κ1) is 12.4. The van der Waals surface area contributed by atoms with Gasteiger partial charge >= 0.3 is 0 Å². The fourth-order valence-electron chi connectivity index (χ4n) is 3.23. The van der Waals surface area contributed by atoms with Crippen LogP contribution in [0.25, 0.3) is 0 Å². The van der Waals surface area contributed by atoms with Gasteiger partial charge in [-0.1, -0.05) is 25.7 Å². The van der Waals surface area contributed by atoms with Crippen LogP contribution in [0.3, 0.4) is 0 Å². The molecule has 0 amide bonds. The van der Waals surface area contributed by atoms with E-state index in [9.17, 15) is 0 Å². The van der Waals surface area contributed by atoms with Crippen LogP contribution in [0.15, 0.2) is 0 Å². The zero-order valence-corrected chi connectivity index (χ0v) is 10.8. The third kappa shape index (κ3) is 3.74. The molecule has 1 heterocycles. The molecule has 2 atom stereocenters. The summed E-state index contributed by atoms with van der Waals surface area (Å²) in [6.07, 6.45) is 11.4. The predicted molar refractivity (Wildman–Crippen MR) is 69.7 cm³/mol. The molecule has 2 fully saturated rings. The highest BCUT2D eigenvalue weighted by molar-refractivity contribution is 4.80. The second kappa shape index (κ2) is 6.61. The molecule has 2 N–H and O–H groups in total. The zero-order valence-electron chi connectivity index (χ0n) is 10.8. The van der Waals surface area contributed by atoms with Gasteiger partial charge in [0.1, 0.15) is 0 Å². The summed E-state index contributed by atoms with van der Waals surface area (Å²) in [5.41, 5.74) is 0. The van der Waals surface area contributed by atoms with E-state index in [0.717, 1.165) is 18.0 Å². The van der Waals surface area contributed by atoms with Crippen molar-refractivity contribution in [2.24, 2.45) is 5.92 Å². The van der Waals surface area contributed by atoms with Crippen molar-refractivity contribution in [1.29, 1.82) is 0 Å². The highest BCUT2D eigenvalue weighted by atomic mass is 15.0. The number of piperidine rings is 1. The van der Waals surface area contributed by atoms with Crippen molar-refractivity contribution in [1.82, 2.24) is 10.6 Å². The molecule has 0 spiro atoms. The monoisotopic (exact) mass is 224 g/mol. The van der Waals surface area contributed by atoms with Crippen molar-refractivity contribution >= 4 is 0 Å². The predicted octanol–water partition coefficient (Wildman–Crippen LogP) is 2.69. The normalized spacial score (nSPS) is 30.2. The number of hydrogen-bond acceptors (Lipinski definition) is 2. The van der Waals surface area contributed by atoms with Gasteiger partial charge < -0.3 is 10.6 Å². The molecule has 0 bridgehead atoms. The zero-order chi connectivity index (χ0) is 11.2. The molecule has 1 saturated heterocycles. The van der Waals surface area contributed by atoms with E-state index in [4.69, 9.17) is 0 Å². The van der Waals surface area contributed by atoms with Crippen LogP contribution < -0.4 is 10.6 Å². The van der Waals surface area contributed by atoms with E-state index in [0.29, 0.717) is 0 Å². The van der Waals surface area contributed by atoms with Crippen LogP contribution in [0.4, 0.5) is 0 Å². The molecular formula is C14H28N2. The summed E-state index contributed by atoms with van der Waals surface area (Å²) in [4.78, 5) is 0. The SMILES string of the molecule is C[C@H](NCC1CCCCN1)C1CCCCC1. The molecule has 1 saturated carbocycles. The fraction of sp³-hybridized carbons (Fsp3) is 1.00. The van der Waals surface area contributed by atoms with E-state index in [1.165, 1.54) is 64.5 Å². The lowest BCUT2D eigenvalue weighted by Gasteiger charge is -2.31. The van der Waals surface area contributed by atoms with Crippen molar-refractivity contribution in [3.8, 4) is 0 Å². The Hall–Kier alpha value is -0.0800. The second-order valence-electron chi connectivity index (χ2n) is 5.74. The van der Waals surface area contributed by atoms with E-state index < -0.39 is 0 Å². The van der Waals surface area contributed by atoms with Crippen molar-refractivity contribution < 1.29 is 0 Å². The van der Waals surface area contributed by atoms with Crippen molar-refractivity contribution in [3.05, 3.63) is 0 Å². The summed E-state index contributed by atoms with van der Waals surface area (Å²) in [6.45, 7) is 4.79. The van der Waals surface area contributed by atoms with Crippen LogP contribution in [-0.4, -0.2) is 25.2 Å². The first-order valence-electron chi connectivity index (χ1n) is 7.33. The molecule has 94 valence electrons. The Morgan fingerprint density at radius 1 is 1.06 bits per heavy atom. The highest BCUT2D eigenvalue weighted by Gasteiger charge is 2.20. The first-order chi connectivity index (χ1) is 7.86. The van der Waals surface area contributed by atoms with Gasteiger partial charge in [0, 0.05) is 18.6 Å². The molecule has 0 aromatic rings. The number of hydrogen-bond donors (Lipinski definition) is 2. The lowest BCUT2D eigenvalue weighted by atomic mass is 9.84. The third-order valence-corrected chi connectivity index (χ3v) is 4.46. The van der Waals surface area contributed by atoms with Gasteiger partial charge in [-0.05, 0) is 45.1 Å². The summed E-state index contributed by atoms with van der Waals surface area (Å²) >= 11 is 0. The largest absolute Gasteiger partial charge is 0.313 e. The standard InChI is InChI=1S/C14H28N2/c1-12(13-7-3-2-4-8-13)16-11-14-9-5-6-10-15-14/h12-16H,2-11H2,1H3/t12-,14?/m0/s1.